The van der Waals surface area contributed by atoms with E-state index in [1.165, 1.54) is 13.0 Å². The van der Waals surface area contributed by atoms with Gasteiger partial charge in [0.15, 0.2) is 0 Å². The lowest BCUT2D eigenvalue weighted by molar-refractivity contribution is -0.152. The number of carbonyl (C=O) groups is 3. The van der Waals surface area contributed by atoms with Crippen molar-refractivity contribution in [1.82, 2.24) is 15.1 Å². The van der Waals surface area contributed by atoms with E-state index in [1.807, 2.05) is 30.9 Å². The van der Waals surface area contributed by atoms with Gasteiger partial charge in [-0.1, -0.05) is 30.7 Å². The molecule has 11 nitrogen and oxygen atoms in total. The molecule has 4 fully saturated rings. The SMILES string of the molecule is CC(=O)OC(C)C=CC(=O)N[C@@H]1C[C@H](C)[C@H](CC=C(C)C=C[C@H]2O[C@H](CC(=O)N3CCN(C)CC3)C[C@@]3(CO3)[C@@H]2O)O[C@@H]1C. The maximum Gasteiger partial charge on any atom is 0.303 e. The molecule has 4 aliphatic rings. The standard InChI is InChI=1S/C33H51N3O8/c1-21(7-10-28-22(2)17-27(24(4)43-28)34-30(38)12-9-23(3)42-25(5)37)8-11-29-32(40)33(20-41-33)19-26(44-29)18-31(39)36-15-13-35(6)14-16-36/h7-9,11-12,22-24,26-29,32,40H,10,13-20H2,1-6H3,(H,34,38)/t22-,23?,24+,26+,27+,28-,29+,32+,33+/m0/s1. The highest BCUT2D eigenvalue weighted by atomic mass is 16.6. The number of aliphatic hydroxyl groups is 1. The van der Waals surface area contributed by atoms with Crippen LogP contribution < -0.4 is 5.32 Å². The molecule has 0 bridgehead atoms. The first-order valence-corrected chi connectivity index (χ1v) is 16.0. The molecule has 4 aliphatic heterocycles. The molecule has 4 rings (SSSR count). The van der Waals surface area contributed by atoms with Crippen molar-refractivity contribution >= 4 is 17.8 Å². The normalized spacial score (nSPS) is 35.7. The summed E-state index contributed by atoms with van der Waals surface area (Å²) >= 11 is 0. The van der Waals surface area contributed by atoms with Crippen LogP contribution in [0.15, 0.2) is 36.0 Å². The van der Waals surface area contributed by atoms with E-state index in [0.717, 1.165) is 38.2 Å². The van der Waals surface area contributed by atoms with E-state index < -0.39 is 29.9 Å². The van der Waals surface area contributed by atoms with E-state index in [0.29, 0.717) is 25.9 Å². The van der Waals surface area contributed by atoms with Crippen molar-refractivity contribution in [3.8, 4) is 0 Å². The van der Waals surface area contributed by atoms with Gasteiger partial charge in [-0.15, -0.1) is 0 Å². The summed E-state index contributed by atoms with van der Waals surface area (Å²) in [5.74, 6) is -0.317. The minimum absolute atomic E-state index is 0.00524. The third-order valence-electron chi connectivity index (χ3n) is 9.18. The molecule has 0 aromatic carbocycles. The topological polar surface area (TPSA) is 130 Å². The summed E-state index contributed by atoms with van der Waals surface area (Å²) < 4.78 is 23.3. The number of allylic oxidation sites excluding steroid dienone is 2. The van der Waals surface area contributed by atoms with Gasteiger partial charge in [-0.3, -0.25) is 14.4 Å². The Kier molecular flexibility index (Phi) is 11.8. The Bertz CT molecular complexity index is 1110. The summed E-state index contributed by atoms with van der Waals surface area (Å²) in [6.07, 6.45) is 8.96. The lowest BCUT2D eigenvalue weighted by atomic mass is 9.87. The maximum absolute atomic E-state index is 12.9. The monoisotopic (exact) mass is 617 g/mol. The van der Waals surface area contributed by atoms with Gasteiger partial charge in [-0.25, -0.2) is 0 Å². The van der Waals surface area contributed by atoms with E-state index in [4.69, 9.17) is 18.9 Å². The zero-order chi connectivity index (χ0) is 32.0. The Morgan fingerprint density at radius 1 is 1.11 bits per heavy atom. The Morgan fingerprint density at radius 3 is 2.48 bits per heavy atom. The summed E-state index contributed by atoms with van der Waals surface area (Å²) in [6.45, 7) is 12.8. The molecule has 2 amide bonds. The van der Waals surface area contributed by atoms with Crippen LogP contribution in [-0.2, 0) is 33.3 Å². The molecule has 1 unspecified atom stereocenters. The molecule has 4 heterocycles. The van der Waals surface area contributed by atoms with Crippen molar-refractivity contribution in [2.45, 2.75) is 109 Å². The second kappa shape index (κ2) is 15.1. The third-order valence-corrected chi connectivity index (χ3v) is 9.18. The van der Waals surface area contributed by atoms with Crippen LogP contribution >= 0.6 is 0 Å². The zero-order valence-electron chi connectivity index (χ0n) is 27.1. The van der Waals surface area contributed by atoms with Gasteiger partial charge in [-0.2, -0.15) is 0 Å². The Balaban J connectivity index is 1.26. The van der Waals surface area contributed by atoms with Crippen molar-refractivity contribution in [1.29, 1.82) is 0 Å². The number of epoxide rings is 1. The number of amides is 2. The van der Waals surface area contributed by atoms with Crippen LogP contribution in [-0.4, -0.2) is 121 Å². The number of hydrogen-bond acceptors (Lipinski definition) is 9. The number of piperazine rings is 1. The molecule has 0 aromatic rings. The minimum Gasteiger partial charge on any atom is -0.459 e. The van der Waals surface area contributed by atoms with E-state index in [1.54, 1.807) is 13.0 Å². The first kappa shape index (κ1) is 34.3. The Labute approximate surface area is 261 Å². The lowest BCUT2D eigenvalue weighted by Gasteiger charge is -2.39. The smallest absolute Gasteiger partial charge is 0.303 e. The fourth-order valence-electron chi connectivity index (χ4n) is 6.27. The molecule has 9 atom stereocenters. The summed E-state index contributed by atoms with van der Waals surface area (Å²) in [5, 5.41) is 14.0. The number of nitrogens with zero attached hydrogens (tertiary/aromatic N) is 2. The van der Waals surface area contributed by atoms with E-state index >= 15 is 0 Å². The molecular weight excluding hydrogens is 566 g/mol. The van der Waals surface area contributed by atoms with Crippen molar-refractivity contribution < 1.29 is 38.4 Å². The van der Waals surface area contributed by atoms with Crippen LogP contribution in [0.1, 0.15) is 60.3 Å². The number of aliphatic hydroxyl groups excluding tert-OH is 1. The van der Waals surface area contributed by atoms with Gasteiger partial charge in [-0.05, 0) is 52.7 Å². The average molecular weight is 618 g/mol. The molecule has 246 valence electrons. The molecule has 11 heteroatoms. The minimum atomic E-state index is -0.782. The van der Waals surface area contributed by atoms with Crippen molar-refractivity contribution in [3.63, 3.8) is 0 Å². The summed E-state index contributed by atoms with van der Waals surface area (Å²) in [4.78, 5) is 40.5. The molecule has 0 aliphatic carbocycles. The Morgan fingerprint density at radius 2 is 1.82 bits per heavy atom. The summed E-state index contributed by atoms with van der Waals surface area (Å²) in [5.41, 5.74) is 0.398. The molecule has 0 saturated carbocycles. The van der Waals surface area contributed by atoms with Gasteiger partial charge >= 0.3 is 5.97 Å². The van der Waals surface area contributed by atoms with Crippen LogP contribution in [0.4, 0.5) is 0 Å². The van der Waals surface area contributed by atoms with Crippen molar-refractivity contribution in [2.24, 2.45) is 5.92 Å². The van der Waals surface area contributed by atoms with Crippen molar-refractivity contribution in [2.75, 3.05) is 39.8 Å². The first-order valence-electron chi connectivity index (χ1n) is 16.0. The summed E-state index contributed by atoms with van der Waals surface area (Å²) in [7, 11) is 2.06. The van der Waals surface area contributed by atoms with E-state index in [-0.39, 0.29) is 42.1 Å². The predicted octanol–water partition coefficient (Wildman–Crippen LogP) is 2.14. The fraction of sp³-hybridized carbons (Fsp3) is 0.727. The highest BCUT2D eigenvalue weighted by Gasteiger charge is 2.58. The van der Waals surface area contributed by atoms with Gasteiger partial charge in [0, 0.05) is 45.6 Å². The Hall–Kier alpha value is -2.57. The van der Waals surface area contributed by atoms with Gasteiger partial charge in [0.1, 0.15) is 23.9 Å². The maximum atomic E-state index is 12.9. The van der Waals surface area contributed by atoms with Gasteiger partial charge in [0.05, 0.1) is 37.4 Å². The number of ether oxygens (including phenoxy) is 4. The lowest BCUT2D eigenvalue weighted by Crippen LogP contribution is -2.52. The fourth-order valence-corrected chi connectivity index (χ4v) is 6.27. The number of carbonyl (C=O) groups excluding carboxylic acids is 3. The second-order valence-corrected chi connectivity index (χ2v) is 13.0. The van der Waals surface area contributed by atoms with Crippen LogP contribution in [0.5, 0.6) is 0 Å². The molecule has 0 aromatic heterocycles. The molecule has 44 heavy (non-hydrogen) atoms. The number of hydrogen-bond donors (Lipinski definition) is 2. The molecule has 1 spiro atoms. The molecular formula is C33H51N3O8. The second-order valence-electron chi connectivity index (χ2n) is 13.0. The number of likely N-dealkylation sites (N-methyl/N-ethyl adjacent to an activating group) is 1. The summed E-state index contributed by atoms with van der Waals surface area (Å²) in [6, 6.07) is -0.120. The van der Waals surface area contributed by atoms with Gasteiger partial charge < -0.3 is 39.2 Å². The highest BCUT2D eigenvalue weighted by molar-refractivity contribution is 5.87. The van der Waals surface area contributed by atoms with Crippen LogP contribution in [0.25, 0.3) is 0 Å². The number of nitrogens with one attached hydrogen (secondary N) is 1. The van der Waals surface area contributed by atoms with Crippen LogP contribution in [0.3, 0.4) is 0 Å². The highest BCUT2D eigenvalue weighted by Crippen LogP contribution is 2.43. The molecule has 2 N–H and O–H groups in total. The number of esters is 1. The van der Waals surface area contributed by atoms with Crippen LogP contribution in [0, 0.1) is 5.92 Å². The van der Waals surface area contributed by atoms with E-state index in [9.17, 15) is 19.5 Å². The van der Waals surface area contributed by atoms with Crippen LogP contribution in [0.2, 0.25) is 0 Å². The zero-order valence-corrected chi connectivity index (χ0v) is 27.1. The van der Waals surface area contributed by atoms with Gasteiger partial charge in [0.2, 0.25) is 11.8 Å². The first-order chi connectivity index (χ1) is 20.8. The molecule has 4 saturated heterocycles. The van der Waals surface area contributed by atoms with Gasteiger partial charge in [0.25, 0.3) is 0 Å². The van der Waals surface area contributed by atoms with E-state index in [2.05, 4.69) is 30.3 Å². The van der Waals surface area contributed by atoms with Crippen molar-refractivity contribution in [3.05, 3.63) is 36.0 Å². The quantitative estimate of drug-likeness (QED) is 0.164. The average Bonchev–Trinajstić information content (AvgIpc) is 3.74. The number of rotatable bonds is 10. The molecule has 0 radical (unpaired) electrons. The predicted molar refractivity (Wildman–Crippen MR) is 165 cm³/mol. The largest absolute Gasteiger partial charge is 0.459 e. The third kappa shape index (κ3) is 9.47.